The number of ether oxygens (including phenoxy) is 1. The van der Waals surface area contributed by atoms with E-state index >= 15 is 0 Å². The van der Waals surface area contributed by atoms with Crippen LogP contribution in [0.5, 0.6) is 0 Å². The average molecular weight is 322 g/mol. The molecule has 3 heteroatoms. The van der Waals surface area contributed by atoms with Gasteiger partial charge in [0.2, 0.25) is 0 Å². The van der Waals surface area contributed by atoms with Crippen LogP contribution in [-0.4, -0.2) is 12.6 Å². The highest BCUT2D eigenvalue weighted by Gasteiger charge is 2.07. The van der Waals surface area contributed by atoms with Gasteiger partial charge in [0, 0.05) is 19.3 Å². The number of carbonyl (C=O) groups excluding carboxylic acids is 1. The standard InChI is InChI=1S/C20H34O3/c1-4-6-13-18-16-17(3)19(23-18)14-11-9-7-8-10-12-15-20(21)22-5-2/h16H,4-15H2,1-3H3. The molecule has 132 valence electrons. The van der Waals surface area contributed by atoms with Gasteiger partial charge in [-0.15, -0.1) is 0 Å². The van der Waals surface area contributed by atoms with Crippen molar-refractivity contribution in [3.05, 3.63) is 23.2 Å². The summed E-state index contributed by atoms with van der Waals surface area (Å²) in [4.78, 5) is 11.2. The highest BCUT2D eigenvalue weighted by Crippen LogP contribution is 2.19. The molecule has 0 amide bonds. The van der Waals surface area contributed by atoms with Gasteiger partial charge in [-0.1, -0.05) is 39.0 Å². The van der Waals surface area contributed by atoms with E-state index in [9.17, 15) is 4.79 Å². The summed E-state index contributed by atoms with van der Waals surface area (Å²) >= 11 is 0. The van der Waals surface area contributed by atoms with E-state index in [4.69, 9.17) is 9.15 Å². The zero-order valence-corrected chi connectivity index (χ0v) is 15.3. The van der Waals surface area contributed by atoms with Crippen LogP contribution >= 0.6 is 0 Å². The summed E-state index contributed by atoms with van der Waals surface area (Å²) in [6.07, 6.45) is 12.1. The zero-order chi connectivity index (χ0) is 16.9. The highest BCUT2D eigenvalue weighted by molar-refractivity contribution is 5.69. The first-order chi connectivity index (χ1) is 11.2. The lowest BCUT2D eigenvalue weighted by Crippen LogP contribution is -2.03. The Balaban J connectivity index is 2.04. The number of hydrogen-bond acceptors (Lipinski definition) is 3. The Morgan fingerprint density at radius 2 is 1.70 bits per heavy atom. The van der Waals surface area contributed by atoms with E-state index in [2.05, 4.69) is 19.9 Å². The third kappa shape index (κ3) is 8.83. The van der Waals surface area contributed by atoms with Gasteiger partial charge >= 0.3 is 5.97 Å². The molecule has 0 radical (unpaired) electrons. The summed E-state index contributed by atoms with van der Waals surface area (Å²) in [7, 11) is 0. The van der Waals surface area contributed by atoms with Crippen LogP contribution in [0.2, 0.25) is 0 Å². The molecule has 0 aliphatic carbocycles. The highest BCUT2D eigenvalue weighted by atomic mass is 16.5. The molecule has 1 rings (SSSR count). The largest absolute Gasteiger partial charge is 0.466 e. The number of hydrogen-bond donors (Lipinski definition) is 0. The fourth-order valence-corrected chi connectivity index (χ4v) is 2.81. The summed E-state index contributed by atoms with van der Waals surface area (Å²) < 4.78 is 10.9. The van der Waals surface area contributed by atoms with Gasteiger partial charge in [0.25, 0.3) is 0 Å². The number of furan rings is 1. The van der Waals surface area contributed by atoms with Crippen molar-refractivity contribution in [2.45, 2.75) is 91.4 Å². The second-order valence-corrected chi connectivity index (χ2v) is 6.35. The molecule has 1 aromatic heterocycles. The molecule has 0 saturated carbocycles. The predicted octanol–water partition coefficient (Wildman–Crippen LogP) is 5.77. The van der Waals surface area contributed by atoms with E-state index in [1.165, 1.54) is 49.8 Å². The molecule has 0 spiro atoms. The summed E-state index contributed by atoms with van der Waals surface area (Å²) in [6.45, 7) is 6.71. The molecule has 0 unspecified atom stereocenters. The Labute approximate surface area is 141 Å². The molecule has 0 bridgehead atoms. The van der Waals surface area contributed by atoms with Gasteiger partial charge in [0.05, 0.1) is 6.61 Å². The average Bonchev–Trinajstić information content (AvgIpc) is 2.88. The van der Waals surface area contributed by atoms with Gasteiger partial charge < -0.3 is 9.15 Å². The van der Waals surface area contributed by atoms with Crippen LogP contribution in [0.1, 0.15) is 88.7 Å². The minimum absolute atomic E-state index is 0.0559. The normalized spacial score (nSPS) is 10.9. The molecule has 0 fully saturated rings. The third-order valence-electron chi connectivity index (χ3n) is 4.19. The van der Waals surface area contributed by atoms with Crippen molar-refractivity contribution in [2.75, 3.05) is 6.61 Å². The van der Waals surface area contributed by atoms with E-state index in [-0.39, 0.29) is 5.97 Å². The van der Waals surface area contributed by atoms with Crippen molar-refractivity contribution in [1.82, 2.24) is 0 Å². The van der Waals surface area contributed by atoms with Crippen molar-refractivity contribution in [1.29, 1.82) is 0 Å². The van der Waals surface area contributed by atoms with Crippen LogP contribution in [0.15, 0.2) is 10.5 Å². The Morgan fingerprint density at radius 3 is 2.39 bits per heavy atom. The number of rotatable bonds is 13. The SMILES string of the molecule is CCCCc1cc(C)c(CCCCCCCCC(=O)OCC)o1. The van der Waals surface area contributed by atoms with Crippen molar-refractivity contribution in [3.8, 4) is 0 Å². The van der Waals surface area contributed by atoms with E-state index in [1.54, 1.807) is 0 Å². The molecule has 0 aliphatic rings. The second kappa shape index (κ2) is 12.2. The van der Waals surface area contributed by atoms with Crippen molar-refractivity contribution in [3.63, 3.8) is 0 Å². The van der Waals surface area contributed by atoms with Crippen LogP contribution < -0.4 is 0 Å². The van der Waals surface area contributed by atoms with Crippen LogP contribution in [0, 0.1) is 6.92 Å². The maximum absolute atomic E-state index is 11.2. The summed E-state index contributed by atoms with van der Waals surface area (Å²) in [6, 6.07) is 2.21. The van der Waals surface area contributed by atoms with Crippen molar-refractivity contribution < 1.29 is 13.9 Å². The lowest BCUT2D eigenvalue weighted by Gasteiger charge is -2.03. The first-order valence-corrected chi connectivity index (χ1v) is 9.41. The topological polar surface area (TPSA) is 39.4 Å². The first kappa shape index (κ1) is 19.8. The summed E-state index contributed by atoms with van der Waals surface area (Å²) in [5.74, 6) is 2.27. The molecule has 1 heterocycles. The first-order valence-electron chi connectivity index (χ1n) is 9.41. The number of esters is 1. The Kier molecular flexibility index (Phi) is 10.5. The smallest absolute Gasteiger partial charge is 0.305 e. The zero-order valence-electron chi connectivity index (χ0n) is 15.3. The molecule has 0 aromatic carbocycles. The predicted molar refractivity (Wildman–Crippen MR) is 94.7 cm³/mol. The maximum Gasteiger partial charge on any atom is 0.305 e. The summed E-state index contributed by atoms with van der Waals surface area (Å²) in [5.41, 5.74) is 1.31. The van der Waals surface area contributed by atoms with Crippen molar-refractivity contribution >= 4 is 5.97 Å². The van der Waals surface area contributed by atoms with E-state index in [0.29, 0.717) is 13.0 Å². The molecule has 0 aliphatic heterocycles. The Bertz CT molecular complexity index is 434. The van der Waals surface area contributed by atoms with Gasteiger partial charge in [-0.25, -0.2) is 0 Å². The number of carbonyl (C=O) groups is 1. The van der Waals surface area contributed by atoms with E-state index in [0.717, 1.165) is 31.4 Å². The van der Waals surface area contributed by atoms with Crippen LogP contribution in [0.25, 0.3) is 0 Å². The Morgan fingerprint density at radius 1 is 1.00 bits per heavy atom. The molecule has 3 nitrogen and oxygen atoms in total. The molecule has 0 atom stereocenters. The minimum atomic E-state index is -0.0559. The number of aryl methyl sites for hydroxylation is 3. The fourth-order valence-electron chi connectivity index (χ4n) is 2.81. The van der Waals surface area contributed by atoms with Gasteiger partial charge in [-0.2, -0.15) is 0 Å². The minimum Gasteiger partial charge on any atom is -0.466 e. The van der Waals surface area contributed by atoms with E-state index < -0.39 is 0 Å². The molecule has 0 saturated heterocycles. The molecule has 1 aromatic rings. The third-order valence-corrected chi connectivity index (χ3v) is 4.19. The lowest BCUT2D eigenvalue weighted by atomic mass is 10.1. The fraction of sp³-hybridized carbons (Fsp3) is 0.750. The van der Waals surface area contributed by atoms with Crippen molar-refractivity contribution in [2.24, 2.45) is 0 Å². The van der Waals surface area contributed by atoms with Crippen LogP contribution in [0.3, 0.4) is 0 Å². The molecule has 0 N–H and O–H groups in total. The molecule has 23 heavy (non-hydrogen) atoms. The maximum atomic E-state index is 11.2. The quantitative estimate of drug-likeness (QED) is 0.342. The monoisotopic (exact) mass is 322 g/mol. The van der Waals surface area contributed by atoms with Gasteiger partial charge in [-0.05, 0) is 44.7 Å². The lowest BCUT2D eigenvalue weighted by molar-refractivity contribution is -0.143. The van der Waals surface area contributed by atoms with Crippen LogP contribution in [0.4, 0.5) is 0 Å². The van der Waals surface area contributed by atoms with E-state index in [1.807, 2.05) is 6.92 Å². The molecular formula is C20H34O3. The Hall–Kier alpha value is -1.25. The summed E-state index contributed by atoms with van der Waals surface area (Å²) in [5, 5.41) is 0. The van der Waals surface area contributed by atoms with Gasteiger partial charge in [0.15, 0.2) is 0 Å². The number of unbranched alkanes of at least 4 members (excludes halogenated alkanes) is 6. The second-order valence-electron chi connectivity index (χ2n) is 6.35. The van der Waals surface area contributed by atoms with Gasteiger partial charge in [-0.3, -0.25) is 4.79 Å². The molecular weight excluding hydrogens is 288 g/mol. The van der Waals surface area contributed by atoms with Crippen LogP contribution in [-0.2, 0) is 22.4 Å². The van der Waals surface area contributed by atoms with Gasteiger partial charge in [0.1, 0.15) is 11.5 Å².